The number of rotatable bonds is 9. The van der Waals surface area contributed by atoms with Gasteiger partial charge in [0.15, 0.2) is 0 Å². The number of aryl methyl sites for hydroxylation is 1. The van der Waals surface area contributed by atoms with Gasteiger partial charge in [-0.3, -0.25) is 9.79 Å². The lowest BCUT2D eigenvalue weighted by Gasteiger charge is -2.11. The van der Waals surface area contributed by atoms with Crippen LogP contribution in [0.5, 0.6) is 17.2 Å². The van der Waals surface area contributed by atoms with Crippen LogP contribution in [0, 0.1) is 6.92 Å². The summed E-state index contributed by atoms with van der Waals surface area (Å²) in [6, 6.07) is 19.2. The number of carbonyl (C=O) groups excluding carboxylic acids is 1. The maximum Gasteiger partial charge on any atom is 0.335 e. The summed E-state index contributed by atoms with van der Waals surface area (Å²) >= 11 is 6.88. The molecule has 1 atom stereocenters. The largest absolute Gasteiger partial charge is 0.485 e. The van der Waals surface area contributed by atoms with Crippen molar-refractivity contribution in [1.29, 1.82) is 0 Å². The Kier molecular flexibility index (Phi) is 10.3. The van der Waals surface area contributed by atoms with Crippen molar-refractivity contribution >= 4 is 56.8 Å². The molecule has 1 unspecified atom stereocenters. The van der Waals surface area contributed by atoms with E-state index < -0.39 is 11.6 Å². The Bertz CT molecular complexity index is 1550. The number of fused-ring (bicyclic) bond motifs is 1. The molecule has 1 N–H and O–H groups in total. The highest BCUT2D eigenvalue weighted by Crippen LogP contribution is 2.36. The summed E-state index contributed by atoms with van der Waals surface area (Å²) in [5.41, 5.74) is 3.57. The Labute approximate surface area is 243 Å². The van der Waals surface area contributed by atoms with Crippen LogP contribution < -0.4 is 9.47 Å². The van der Waals surface area contributed by atoms with Crippen molar-refractivity contribution in [2.24, 2.45) is 4.99 Å². The van der Waals surface area contributed by atoms with Crippen molar-refractivity contribution in [3.8, 4) is 17.2 Å². The van der Waals surface area contributed by atoms with E-state index in [0.717, 1.165) is 38.6 Å². The van der Waals surface area contributed by atoms with E-state index in [2.05, 4.69) is 15.0 Å². The van der Waals surface area contributed by atoms with Crippen molar-refractivity contribution in [2.45, 2.75) is 32.1 Å². The number of hydrogen-bond acceptors (Lipinski definition) is 9. The van der Waals surface area contributed by atoms with Crippen LogP contribution >= 0.6 is 23.4 Å². The summed E-state index contributed by atoms with van der Waals surface area (Å²) < 4.78 is 34.0. The molecule has 1 aliphatic rings. The van der Waals surface area contributed by atoms with Gasteiger partial charge < -0.3 is 19.2 Å². The number of hydrogen-bond donors (Lipinski definition) is 1. The highest BCUT2D eigenvalue weighted by Gasteiger charge is 2.25. The van der Waals surface area contributed by atoms with Crippen LogP contribution in [-0.4, -0.2) is 47.8 Å². The van der Waals surface area contributed by atoms with Crippen LogP contribution in [0.1, 0.15) is 30.3 Å². The molecule has 0 aliphatic carbocycles. The lowest BCUT2D eigenvalue weighted by Crippen LogP contribution is -2.14. The third-order valence-electron chi connectivity index (χ3n) is 5.72. The third-order valence-corrected chi connectivity index (χ3v) is 7.15. The number of aromatic nitrogens is 2. The summed E-state index contributed by atoms with van der Waals surface area (Å²) in [6.45, 7) is 5.04. The molecule has 0 saturated carbocycles. The molecule has 12 heteroatoms. The smallest absolute Gasteiger partial charge is 0.335 e. The fourth-order valence-electron chi connectivity index (χ4n) is 3.98. The van der Waals surface area contributed by atoms with Gasteiger partial charge in [-0.15, -0.1) is 0 Å². The third kappa shape index (κ3) is 7.93. The number of carbonyl (C=O) groups is 1. The highest BCUT2D eigenvalue weighted by molar-refractivity contribution is 8.15. The second kappa shape index (κ2) is 14.1. The van der Waals surface area contributed by atoms with Gasteiger partial charge in [0.2, 0.25) is 0 Å². The summed E-state index contributed by atoms with van der Waals surface area (Å²) in [6.07, 6.45) is 0.335. The predicted octanol–water partition coefficient (Wildman–Crippen LogP) is 6.04. The normalized spacial score (nSPS) is 14.2. The topological polar surface area (TPSA) is 120 Å². The highest BCUT2D eigenvalue weighted by atomic mass is 35.5. The molecule has 40 heavy (non-hydrogen) atoms. The maximum absolute atomic E-state index is 11.9. The van der Waals surface area contributed by atoms with Gasteiger partial charge in [-0.25, -0.2) is 4.98 Å². The van der Waals surface area contributed by atoms with Crippen LogP contribution in [0.2, 0.25) is 5.15 Å². The lowest BCUT2D eigenvalue weighted by molar-refractivity contribution is -0.143. The molecule has 208 valence electrons. The summed E-state index contributed by atoms with van der Waals surface area (Å²) in [5, 5.41) is 2.25. The fourth-order valence-corrected chi connectivity index (χ4v) is 5.23. The van der Waals surface area contributed by atoms with E-state index in [4.69, 9.17) is 34.2 Å². The summed E-state index contributed by atoms with van der Waals surface area (Å²) in [4.78, 5) is 24.4. The van der Waals surface area contributed by atoms with E-state index in [-0.39, 0.29) is 17.8 Å². The SMILES string of the molecule is CCOC(=O)CC1CN=C(c2cc3cc(Oc4ccc(C)cc4)cc(OCc4cccc(Cl)n4)c3[nH]2)S1.O=S=O. The number of benzene rings is 2. The van der Waals surface area contributed by atoms with Crippen LogP contribution in [-0.2, 0) is 27.7 Å². The van der Waals surface area contributed by atoms with Crippen molar-refractivity contribution < 1.29 is 27.4 Å². The molecule has 1 aliphatic heterocycles. The predicted molar refractivity (Wildman–Crippen MR) is 156 cm³/mol. The minimum absolute atomic E-state index is 0.0607. The average Bonchev–Trinajstić information content (AvgIpc) is 3.56. The molecule has 3 heterocycles. The Morgan fingerprint density at radius 2 is 1.90 bits per heavy atom. The van der Waals surface area contributed by atoms with Crippen molar-refractivity contribution in [1.82, 2.24) is 9.97 Å². The van der Waals surface area contributed by atoms with Crippen LogP contribution in [0.25, 0.3) is 10.9 Å². The molecule has 0 bridgehead atoms. The number of ether oxygens (including phenoxy) is 3. The fraction of sp³-hybridized carbons (Fsp3) is 0.250. The van der Waals surface area contributed by atoms with E-state index in [1.807, 2.05) is 68.4 Å². The van der Waals surface area contributed by atoms with Gasteiger partial charge in [0.25, 0.3) is 0 Å². The molecule has 2 aromatic carbocycles. The zero-order chi connectivity index (χ0) is 28.5. The summed E-state index contributed by atoms with van der Waals surface area (Å²) in [7, 11) is 0. The first-order valence-corrected chi connectivity index (χ1v) is 14.2. The maximum atomic E-state index is 11.9. The Morgan fingerprint density at radius 1 is 1.12 bits per heavy atom. The first-order chi connectivity index (χ1) is 19.4. The Morgan fingerprint density at radius 3 is 2.62 bits per heavy atom. The number of aromatic amines is 1. The molecular weight excluding hydrogens is 574 g/mol. The molecule has 0 fully saturated rings. The van der Waals surface area contributed by atoms with Gasteiger partial charge >= 0.3 is 17.5 Å². The molecular formula is C28H26ClN3O6S2. The van der Waals surface area contributed by atoms with E-state index in [1.165, 1.54) is 0 Å². The number of pyridine rings is 1. The second-order valence-corrected chi connectivity index (χ2v) is 10.5. The monoisotopic (exact) mass is 599 g/mol. The molecule has 9 nitrogen and oxygen atoms in total. The number of esters is 1. The number of nitrogens with one attached hydrogen (secondary N) is 1. The van der Waals surface area contributed by atoms with Gasteiger partial charge in [0, 0.05) is 16.7 Å². The molecule has 0 radical (unpaired) electrons. The molecule has 4 aromatic rings. The average molecular weight is 600 g/mol. The minimum atomic E-state index is -0.750. The van der Waals surface area contributed by atoms with Gasteiger partial charge in [0.1, 0.15) is 34.1 Å². The Hall–Kier alpha value is -3.67. The van der Waals surface area contributed by atoms with E-state index in [9.17, 15) is 4.79 Å². The minimum Gasteiger partial charge on any atom is -0.485 e. The van der Waals surface area contributed by atoms with Gasteiger partial charge in [0.05, 0.1) is 36.5 Å². The molecule has 0 spiro atoms. The number of thioether (sulfide) groups is 1. The Balaban J connectivity index is 0.00000118. The zero-order valence-electron chi connectivity index (χ0n) is 21.7. The number of halogens is 1. The van der Waals surface area contributed by atoms with Gasteiger partial charge in [-0.2, -0.15) is 8.42 Å². The number of nitrogens with zero attached hydrogens (tertiary/aromatic N) is 2. The summed E-state index contributed by atoms with van der Waals surface area (Å²) in [5.74, 6) is 1.81. The van der Waals surface area contributed by atoms with Crippen molar-refractivity contribution in [2.75, 3.05) is 13.2 Å². The quantitative estimate of drug-likeness (QED) is 0.183. The lowest BCUT2D eigenvalue weighted by atomic mass is 10.2. The van der Waals surface area contributed by atoms with E-state index in [0.29, 0.717) is 36.2 Å². The van der Waals surface area contributed by atoms with Crippen LogP contribution in [0.4, 0.5) is 0 Å². The van der Waals surface area contributed by atoms with Crippen LogP contribution in [0.15, 0.2) is 65.7 Å². The van der Waals surface area contributed by atoms with Crippen molar-refractivity contribution in [3.05, 3.63) is 82.8 Å². The number of H-pyrrole nitrogens is 1. The van der Waals surface area contributed by atoms with Crippen LogP contribution in [0.3, 0.4) is 0 Å². The zero-order valence-corrected chi connectivity index (χ0v) is 24.1. The van der Waals surface area contributed by atoms with Crippen molar-refractivity contribution in [3.63, 3.8) is 0 Å². The van der Waals surface area contributed by atoms with Gasteiger partial charge in [-0.05, 0) is 50.2 Å². The van der Waals surface area contributed by atoms with Gasteiger partial charge in [-0.1, -0.05) is 47.1 Å². The second-order valence-electron chi connectivity index (χ2n) is 8.69. The number of aliphatic imine (C=N–C) groups is 1. The molecule has 5 rings (SSSR count). The molecule has 2 aromatic heterocycles. The first-order valence-electron chi connectivity index (χ1n) is 12.3. The van der Waals surface area contributed by atoms with E-state index >= 15 is 0 Å². The standard InChI is InChI=1S/C28H26ClN3O4S.O2S/c1-3-34-26(33)14-22-15-30-28(37-22)23-12-18-11-21(36-20-9-7-17(2)8-10-20)13-24(27(18)32-23)35-16-19-5-4-6-25(29)31-19;1-3-2/h4-13,22,32H,3,14-16H2,1-2H3;. The molecule has 0 amide bonds. The first kappa shape index (κ1) is 29.3. The van der Waals surface area contributed by atoms with E-state index in [1.54, 1.807) is 17.8 Å². The molecule has 0 saturated heterocycles.